The molecule has 0 unspecified atom stereocenters. The predicted molar refractivity (Wildman–Crippen MR) is 107 cm³/mol. The smallest absolute Gasteiger partial charge is 0.226 e. The summed E-state index contributed by atoms with van der Waals surface area (Å²) in [4.78, 5) is 0. The maximum absolute atomic E-state index is 5.51. The molecule has 2 heterocycles. The van der Waals surface area contributed by atoms with E-state index < -0.39 is 0 Å². The standard InChI is InChI=1S/C20H25N5O2S/c1-13-6-4-5-7-17(13)25-19(15-8-10-16(26-3)11-9-15)23-24-20(25)28-12-18-22-21-14(2)27-18/h8-11,13,17H,4-7,12H2,1-3H3/t13-,17+/m0/s1. The van der Waals surface area contributed by atoms with Crippen LogP contribution in [0.3, 0.4) is 0 Å². The van der Waals surface area contributed by atoms with Crippen LogP contribution >= 0.6 is 11.8 Å². The van der Waals surface area contributed by atoms with Crippen LogP contribution in [0.4, 0.5) is 0 Å². The lowest BCUT2D eigenvalue weighted by molar-refractivity contribution is 0.247. The Morgan fingerprint density at radius 1 is 1.11 bits per heavy atom. The van der Waals surface area contributed by atoms with E-state index in [-0.39, 0.29) is 0 Å². The molecule has 0 bridgehead atoms. The van der Waals surface area contributed by atoms with Gasteiger partial charge in [0.1, 0.15) is 5.75 Å². The third-order valence-electron chi connectivity index (χ3n) is 5.30. The van der Waals surface area contributed by atoms with Crippen molar-refractivity contribution in [1.82, 2.24) is 25.0 Å². The molecule has 1 aromatic carbocycles. The van der Waals surface area contributed by atoms with Crippen molar-refractivity contribution in [3.05, 3.63) is 36.0 Å². The molecular weight excluding hydrogens is 374 g/mol. The number of ether oxygens (including phenoxy) is 1. The zero-order chi connectivity index (χ0) is 19.5. The predicted octanol–water partition coefficient (Wildman–Crippen LogP) is 4.69. The molecule has 1 fully saturated rings. The second kappa shape index (κ2) is 8.34. The summed E-state index contributed by atoms with van der Waals surface area (Å²) < 4.78 is 13.1. The summed E-state index contributed by atoms with van der Waals surface area (Å²) in [6.45, 7) is 4.13. The molecule has 2 aromatic heterocycles. The minimum absolute atomic E-state index is 0.396. The van der Waals surface area contributed by atoms with E-state index in [2.05, 4.69) is 31.9 Å². The summed E-state index contributed by atoms with van der Waals surface area (Å²) in [5, 5.41) is 18.0. The van der Waals surface area contributed by atoms with Gasteiger partial charge in [-0.05, 0) is 43.0 Å². The largest absolute Gasteiger partial charge is 0.497 e. The maximum atomic E-state index is 5.51. The second-order valence-corrected chi connectivity index (χ2v) is 8.18. The van der Waals surface area contributed by atoms with Crippen LogP contribution in [0.1, 0.15) is 50.4 Å². The molecule has 8 heteroatoms. The number of aryl methyl sites for hydroxylation is 1. The number of hydrogen-bond donors (Lipinski definition) is 0. The number of thioether (sulfide) groups is 1. The highest BCUT2D eigenvalue weighted by Crippen LogP contribution is 2.39. The van der Waals surface area contributed by atoms with Crippen molar-refractivity contribution >= 4 is 11.8 Å². The van der Waals surface area contributed by atoms with Gasteiger partial charge in [0.05, 0.1) is 12.9 Å². The van der Waals surface area contributed by atoms with E-state index in [0.717, 1.165) is 28.7 Å². The molecule has 2 atom stereocenters. The second-order valence-electron chi connectivity index (χ2n) is 7.24. The van der Waals surface area contributed by atoms with Crippen LogP contribution < -0.4 is 4.74 Å². The van der Waals surface area contributed by atoms with E-state index in [1.54, 1.807) is 25.8 Å². The van der Waals surface area contributed by atoms with E-state index >= 15 is 0 Å². The Kier molecular flexibility index (Phi) is 5.66. The Morgan fingerprint density at radius 3 is 2.57 bits per heavy atom. The lowest BCUT2D eigenvalue weighted by atomic mass is 9.85. The van der Waals surface area contributed by atoms with Crippen molar-refractivity contribution in [1.29, 1.82) is 0 Å². The van der Waals surface area contributed by atoms with Crippen molar-refractivity contribution in [2.75, 3.05) is 7.11 Å². The molecule has 1 aliphatic rings. The lowest BCUT2D eigenvalue weighted by Gasteiger charge is -2.31. The van der Waals surface area contributed by atoms with Gasteiger partial charge in [0, 0.05) is 18.5 Å². The first-order valence-electron chi connectivity index (χ1n) is 9.67. The van der Waals surface area contributed by atoms with Gasteiger partial charge in [0.15, 0.2) is 11.0 Å². The first-order chi connectivity index (χ1) is 13.7. The lowest BCUT2D eigenvalue weighted by Crippen LogP contribution is -2.22. The molecule has 0 radical (unpaired) electrons. The molecule has 1 aliphatic carbocycles. The monoisotopic (exact) mass is 399 g/mol. The van der Waals surface area contributed by atoms with E-state index in [1.807, 2.05) is 24.3 Å². The molecule has 7 nitrogen and oxygen atoms in total. The van der Waals surface area contributed by atoms with Crippen LogP contribution in [0.15, 0.2) is 33.8 Å². The quantitative estimate of drug-likeness (QED) is 0.556. The van der Waals surface area contributed by atoms with E-state index in [1.165, 1.54) is 19.3 Å². The molecule has 0 spiro atoms. The number of methoxy groups -OCH3 is 1. The third-order valence-corrected chi connectivity index (χ3v) is 6.23. The molecule has 0 saturated heterocycles. The zero-order valence-electron chi connectivity index (χ0n) is 16.5. The fourth-order valence-corrected chi connectivity index (χ4v) is 4.64. The number of aromatic nitrogens is 5. The Hall–Kier alpha value is -2.35. The average molecular weight is 400 g/mol. The highest BCUT2D eigenvalue weighted by Gasteiger charge is 2.28. The van der Waals surface area contributed by atoms with Crippen LogP contribution in [0.2, 0.25) is 0 Å². The number of nitrogens with zero attached hydrogens (tertiary/aromatic N) is 5. The summed E-state index contributed by atoms with van der Waals surface area (Å²) in [6.07, 6.45) is 4.91. The van der Waals surface area contributed by atoms with Gasteiger partial charge in [0.25, 0.3) is 0 Å². The van der Waals surface area contributed by atoms with Crippen LogP contribution in [-0.4, -0.2) is 32.1 Å². The summed E-state index contributed by atoms with van der Waals surface area (Å²) in [5.74, 6) is 4.11. The van der Waals surface area contributed by atoms with Gasteiger partial charge in [-0.2, -0.15) is 0 Å². The maximum Gasteiger partial charge on any atom is 0.226 e. The molecule has 148 valence electrons. The van der Waals surface area contributed by atoms with Crippen molar-refractivity contribution in [3.8, 4) is 17.1 Å². The van der Waals surface area contributed by atoms with Crippen LogP contribution in [0.5, 0.6) is 5.75 Å². The first kappa shape index (κ1) is 19.0. The Labute approximate surface area is 168 Å². The van der Waals surface area contributed by atoms with Crippen molar-refractivity contribution in [2.24, 2.45) is 5.92 Å². The normalized spacial score (nSPS) is 19.7. The van der Waals surface area contributed by atoms with Crippen LogP contribution in [-0.2, 0) is 5.75 Å². The molecule has 0 amide bonds. The number of benzene rings is 1. The van der Waals surface area contributed by atoms with Gasteiger partial charge in [-0.1, -0.05) is 31.5 Å². The molecule has 1 saturated carbocycles. The average Bonchev–Trinajstić information content (AvgIpc) is 3.33. The molecule has 0 N–H and O–H groups in total. The van der Waals surface area contributed by atoms with Gasteiger partial charge < -0.3 is 9.15 Å². The highest BCUT2D eigenvalue weighted by atomic mass is 32.2. The summed E-state index contributed by atoms with van der Waals surface area (Å²) in [6, 6.07) is 8.41. The van der Waals surface area contributed by atoms with Crippen molar-refractivity contribution in [3.63, 3.8) is 0 Å². The van der Waals surface area contributed by atoms with Gasteiger partial charge in [-0.15, -0.1) is 20.4 Å². The Bertz CT molecular complexity index is 921. The van der Waals surface area contributed by atoms with E-state index in [9.17, 15) is 0 Å². The molecule has 28 heavy (non-hydrogen) atoms. The van der Waals surface area contributed by atoms with Gasteiger partial charge in [-0.25, -0.2) is 0 Å². The number of hydrogen-bond acceptors (Lipinski definition) is 7. The SMILES string of the molecule is COc1ccc(-c2nnc(SCc3nnc(C)o3)n2[C@@H]2CCCC[C@@H]2C)cc1. The van der Waals surface area contributed by atoms with E-state index in [0.29, 0.717) is 29.5 Å². The topological polar surface area (TPSA) is 78.9 Å². The van der Waals surface area contributed by atoms with Crippen molar-refractivity contribution in [2.45, 2.75) is 56.5 Å². The third kappa shape index (κ3) is 3.92. The Morgan fingerprint density at radius 2 is 1.89 bits per heavy atom. The van der Waals surface area contributed by atoms with Crippen molar-refractivity contribution < 1.29 is 9.15 Å². The highest BCUT2D eigenvalue weighted by molar-refractivity contribution is 7.98. The van der Waals surface area contributed by atoms with E-state index in [4.69, 9.17) is 9.15 Å². The summed E-state index contributed by atoms with van der Waals surface area (Å²) >= 11 is 1.60. The van der Waals surface area contributed by atoms with Crippen LogP contribution in [0.25, 0.3) is 11.4 Å². The first-order valence-corrected chi connectivity index (χ1v) is 10.7. The fourth-order valence-electron chi connectivity index (χ4n) is 3.81. The summed E-state index contributed by atoms with van der Waals surface area (Å²) in [5.41, 5.74) is 1.05. The minimum atomic E-state index is 0.396. The van der Waals surface area contributed by atoms with Crippen LogP contribution in [0, 0.1) is 12.8 Å². The molecule has 0 aliphatic heterocycles. The zero-order valence-corrected chi connectivity index (χ0v) is 17.3. The van der Waals surface area contributed by atoms with Gasteiger partial charge in [0.2, 0.25) is 11.8 Å². The Balaban J connectivity index is 1.67. The van der Waals surface area contributed by atoms with Gasteiger partial charge in [-0.3, -0.25) is 4.57 Å². The molecular formula is C20H25N5O2S. The number of rotatable bonds is 6. The summed E-state index contributed by atoms with van der Waals surface area (Å²) in [7, 11) is 1.68. The molecule has 3 aromatic rings. The minimum Gasteiger partial charge on any atom is -0.497 e. The van der Waals surface area contributed by atoms with Gasteiger partial charge >= 0.3 is 0 Å². The fraction of sp³-hybridized carbons (Fsp3) is 0.500. The molecule has 4 rings (SSSR count).